The molecule has 3 aliphatic rings. The van der Waals surface area contributed by atoms with Crippen LogP contribution in [-0.4, -0.2) is 85.2 Å². The first-order valence-corrected chi connectivity index (χ1v) is 19.3. The van der Waals surface area contributed by atoms with Crippen LogP contribution in [0.2, 0.25) is 0 Å². The van der Waals surface area contributed by atoms with E-state index < -0.39 is 22.5 Å². The number of fused-ring (bicyclic) bond motifs is 1. The number of hydrogen-bond donors (Lipinski definition) is 0. The molecule has 0 N–H and O–H groups in total. The van der Waals surface area contributed by atoms with Crippen molar-refractivity contribution in [1.29, 1.82) is 0 Å². The van der Waals surface area contributed by atoms with Crippen LogP contribution in [-0.2, 0) is 41.6 Å². The Kier molecular flexibility index (Phi) is 18.1. The number of methoxy groups -OCH3 is 1. The van der Waals surface area contributed by atoms with Crippen molar-refractivity contribution in [3.05, 3.63) is 83.7 Å². The molecule has 15 heteroatoms. The highest BCUT2D eigenvalue weighted by Crippen LogP contribution is 2.41. The monoisotopic (exact) mass is 830 g/mol. The number of nitrogens with zero attached hydrogens (tertiary/aromatic N) is 4. The van der Waals surface area contributed by atoms with Crippen molar-refractivity contribution < 1.29 is 37.8 Å². The fourth-order valence-electron chi connectivity index (χ4n) is 6.33. The molecule has 0 aromatic heterocycles. The molecule has 5 amide bonds. The van der Waals surface area contributed by atoms with Gasteiger partial charge in [0.25, 0.3) is 23.6 Å². The lowest BCUT2D eigenvalue weighted by Crippen LogP contribution is -2.39. The molecule has 0 atom stereocenters. The smallest absolute Gasteiger partial charge is 0.265 e. The highest BCUT2D eigenvalue weighted by Gasteiger charge is 2.41. The Balaban J connectivity index is 0.000000245. The maximum Gasteiger partial charge on any atom is 0.265 e. The average molecular weight is 832 g/mol. The minimum Gasteiger partial charge on any atom is -0.481 e. The van der Waals surface area contributed by atoms with Gasteiger partial charge < -0.3 is 14.4 Å². The number of ether oxygens (including phenoxy) is 2. The van der Waals surface area contributed by atoms with Gasteiger partial charge >= 0.3 is 0 Å². The van der Waals surface area contributed by atoms with Crippen LogP contribution in [0.25, 0.3) is 0 Å². The number of benzene rings is 2. The van der Waals surface area contributed by atoms with E-state index in [9.17, 15) is 28.4 Å². The van der Waals surface area contributed by atoms with Crippen molar-refractivity contribution in [3.8, 4) is 18.1 Å². The van der Waals surface area contributed by atoms with Gasteiger partial charge in [-0.3, -0.25) is 33.8 Å². The van der Waals surface area contributed by atoms with E-state index in [-0.39, 0.29) is 60.6 Å². The Hall–Kier alpha value is -4.67. The van der Waals surface area contributed by atoms with E-state index in [0.717, 1.165) is 53.5 Å². The first kappa shape index (κ1) is 45.7. The number of aryl methyl sites for hydroxylation is 2. The Bertz CT molecular complexity index is 1830. The van der Waals surface area contributed by atoms with Gasteiger partial charge in [0.2, 0.25) is 5.91 Å². The van der Waals surface area contributed by atoms with Crippen LogP contribution in [0.15, 0.2) is 66.8 Å². The predicted octanol–water partition coefficient (Wildman–Crippen LogP) is 6.91. The molecule has 2 aromatic rings. The second kappa shape index (κ2) is 22.2. The van der Waals surface area contributed by atoms with E-state index in [4.69, 9.17) is 50.7 Å². The molecule has 0 radical (unpaired) electrons. The molecular weight excluding hydrogens is 786 g/mol. The quantitative estimate of drug-likeness (QED) is 0.0709. The van der Waals surface area contributed by atoms with Crippen LogP contribution < -0.4 is 19.4 Å². The van der Waals surface area contributed by atoms with E-state index in [1.807, 2.05) is 18.2 Å². The molecule has 2 heterocycles. The predicted molar refractivity (Wildman–Crippen MR) is 219 cm³/mol. The summed E-state index contributed by atoms with van der Waals surface area (Å²) in [7, 11) is 1.58. The molecule has 1 aliphatic carbocycles. The summed E-state index contributed by atoms with van der Waals surface area (Å²) in [5.74, 6) is -0.0830. The topological polar surface area (TPSA) is 117 Å². The van der Waals surface area contributed by atoms with Gasteiger partial charge in [0.15, 0.2) is 17.3 Å². The number of terminal acetylenes is 1. The number of anilines is 3. The van der Waals surface area contributed by atoms with Crippen LogP contribution >= 0.6 is 34.8 Å². The van der Waals surface area contributed by atoms with Crippen molar-refractivity contribution in [3.63, 3.8) is 0 Å². The molecule has 0 spiro atoms. The van der Waals surface area contributed by atoms with Crippen molar-refractivity contribution in [2.24, 2.45) is 0 Å². The number of halogens is 4. The number of para-hydroxylation sites is 1. The molecule has 300 valence electrons. The minimum atomic E-state index is -1.01. The molecule has 5 rings (SSSR count). The average Bonchev–Trinajstić information content (AvgIpc) is 3.45. The van der Waals surface area contributed by atoms with Crippen molar-refractivity contribution in [2.75, 3.05) is 60.7 Å². The summed E-state index contributed by atoms with van der Waals surface area (Å²) in [6.45, 7) is 12.0. The molecule has 0 fully saturated rings. The standard InChI is InChI=1S/C19H15FN2O4.C14H20ClNO2.C8H11Cl2NO/c1-2-7-21-15-9-14(13(20)8-16(15)26-10-17(21)23)22-18(24)11-5-3-4-6-12(11)19(22)25;1-4-11-7-6-8-12(5-2)14(11)16(10-18-3)13(17)9-15;1-3-5-11(6-4-2)8(12)7(9)10/h1,8-9H,3-7,10H2;6-8H,4-5,9-10H2,1-3H3;3-4,7H,1-2,5-6H2. The van der Waals surface area contributed by atoms with Crippen LogP contribution in [0.3, 0.4) is 0 Å². The second-order valence-electron chi connectivity index (χ2n) is 12.5. The molecule has 0 saturated heterocycles. The summed E-state index contributed by atoms with van der Waals surface area (Å²) >= 11 is 16.5. The Morgan fingerprint density at radius 3 is 2.05 bits per heavy atom. The molecule has 0 bridgehead atoms. The van der Waals surface area contributed by atoms with Gasteiger partial charge in [-0.2, -0.15) is 0 Å². The molecule has 0 saturated carbocycles. The highest BCUT2D eigenvalue weighted by molar-refractivity contribution is 6.53. The summed E-state index contributed by atoms with van der Waals surface area (Å²) in [6.07, 6.45) is 13.0. The number of rotatable bonds is 13. The maximum atomic E-state index is 14.7. The zero-order valence-electron chi connectivity index (χ0n) is 31.8. The third-order valence-corrected chi connectivity index (χ3v) is 9.56. The van der Waals surface area contributed by atoms with Gasteiger partial charge in [-0.15, -0.1) is 31.2 Å². The SMILES string of the molecule is C#CCN1C(=O)COc2cc(F)c(N3C(=O)C4=C(CCCC4)C3=O)cc21.C=CCN(CC=C)C(=O)C(Cl)Cl.CCc1cccc(CC)c1N(COC)C(=O)CCl. The number of amides is 5. The summed E-state index contributed by atoms with van der Waals surface area (Å²) in [5, 5.41) is 0. The molecule has 11 nitrogen and oxygen atoms in total. The number of carbonyl (C=O) groups excluding carboxylic acids is 5. The first-order chi connectivity index (χ1) is 26.8. The fraction of sp³-hybridized carbons (Fsp3) is 0.390. The number of alkyl halides is 3. The fourth-order valence-corrected chi connectivity index (χ4v) is 6.75. The zero-order valence-corrected chi connectivity index (χ0v) is 34.0. The minimum absolute atomic E-state index is 0.0170. The van der Waals surface area contributed by atoms with Crippen molar-refractivity contribution in [2.45, 2.75) is 57.2 Å². The lowest BCUT2D eigenvalue weighted by atomic mass is 9.93. The molecule has 0 unspecified atom stereocenters. The second-order valence-corrected chi connectivity index (χ2v) is 13.8. The van der Waals surface area contributed by atoms with Crippen LogP contribution in [0.4, 0.5) is 21.5 Å². The van der Waals surface area contributed by atoms with Gasteiger partial charge in [-0.05, 0) is 55.7 Å². The molecular formula is C41H46Cl3FN4O7. The maximum absolute atomic E-state index is 14.7. The van der Waals surface area contributed by atoms with Crippen LogP contribution in [0, 0.1) is 18.2 Å². The van der Waals surface area contributed by atoms with E-state index in [2.05, 4.69) is 32.9 Å². The molecule has 2 aromatic carbocycles. The van der Waals surface area contributed by atoms with E-state index in [1.54, 1.807) is 24.2 Å². The summed E-state index contributed by atoms with van der Waals surface area (Å²) in [4.78, 5) is 64.8. The third kappa shape index (κ3) is 10.8. The molecule has 2 aliphatic heterocycles. The third-order valence-electron chi connectivity index (χ3n) is 8.96. The van der Waals surface area contributed by atoms with Crippen LogP contribution in [0.5, 0.6) is 5.75 Å². The first-order valence-electron chi connectivity index (χ1n) is 17.9. The van der Waals surface area contributed by atoms with Gasteiger partial charge in [-0.1, -0.05) is 73.3 Å². The lowest BCUT2D eigenvalue weighted by molar-refractivity contribution is -0.128. The van der Waals surface area contributed by atoms with Gasteiger partial charge in [-0.25, -0.2) is 9.29 Å². The normalized spacial score (nSPS) is 14.4. The van der Waals surface area contributed by atoms with E-state index >= 15 is 0 Å². The van der Waals surface area contributed by atoms with Gasteiger partial charge in [0.05, 0.1) is 23.6 Å². The largest absolute Gasteiger partial charge is 0.481 e. The van der Waals surface area contributed by atoms with E-state index in [1.165, 1.54) is 15.9 Å². The van der Waals surface area contributed by atoms with Crippen molar-refractivity contribution >= 4 is 81.4 Å². The lowest BCUT2D eigenvalue weighted by Gasteiger charge is -2.29. The van der Waals surface area contributed by atoms with Gasteiger partial charge in [0.1, 0.15) is 18.4 Å². The Morgan fingerprint density at radius 1 is 1.02 bits per heavy atom. The van der Waals surface area contributed by atoms with Crippen molar-refractivity contribution in [1.82, 2.24) is 4.90 Å². The summed E-state index contributed by atoms with van der Waals surface area (Å²) in [6, 6.07) is 8.47. The number of carbonyl (C=O) groups is 5. The van der Waals surface area contributed by atoms with Gasteiger partial charge in [0, 0.05) is 37.4 Å². The Morgan fingerprint density at radius 2 is 1.59 bits per heavy atom. The molecule has 56 heavy (non-hydrogen) atoms. The zero-order chi connectivity index (χ0) is 41.5. The number of hydrogen-bond acceptors (Lipinski definition) is 7. The van der Waals surface area contributed by atoms with E-state index in [0.29, 0.717) is 37.1 Å². The highest BCUT2D eigenvalue weighted by atomic mass is 35.5. The summed E-state index contributed by atoms with van der Waals surface area (Å²) in [5.41, 5.74) is 4.23. The summed E-state index contributed by atoms with van der Waals surface area (Å²) < 4.78 is 25.1. The Labute approximate surface area is 342 Å². The number of imide groups is 1. The van der Waals surface area contributed by atoms with Crippen LogP contribution in [0.1, 0.15) is 50.7 Å².